The summed E-state index contributed by atoms with van der Waals surface area (Å²) in [6.45, 7) is 4.64. The second-order valence-corrected chi connectivity index (χ2v) is 5.27. The number of nitrogens with zero attached hydrogens (tertiary/aromatic N) is 2. The van der Waals surface area contributed by atoms with Crippen LogP contribution in [0.1, 0.15) is 41.5 Å². The predicted molar refractivity (Wildman–Crippen MR) is 77.4 cm³/mol. The Kier molecular flexibility index (Phi) is 3.60. The van der Waals surface area contributed by atoms with Gasteiger partial charge in [0.15, 0.2) is 0 Å². The van der Waals surface area contributed by atoms with Crippen LogP contribution in [0.25, 0.3) is 0 Å². The van der Waals surface area contributed by atoms with Crippen LogP contribution in [0.3, 0.4) is 0 Å². The van der Waals surface area contributed by atoms with Gasteiger partial charge in [-0.25, -0.2) is 4.98 Å². The smallest absolute Gasteiger partial charge is 0.255 e. The number of fused-ring (bicyclic) bond motifs is 1. The van der Waals surface area contributed by atoms with Crippen LogP contribution in [0.15, 0.2) is 24.5 Å². The highest BCUT2D eigenvalue weighted by atomic mass is 16.5. The Balaban J connectivity index is 1.68. The Morgan fingerprint density at radius 3 is 3.05 bits per heavy atom. The molecule has 3 rings (SSSR count). The summed E-state index contributed by atoms with van der Waals surface area (Å²) in [6.07, 6.45) is 2.18. The third-order valence-electron chi connectivity index (χ3n) is 3.90. The van der Waals surface area contributed by atoms with Crippen LogP contribution in [0.4, 0.5) is 0 Å². The van der Waals surface area contributed by atoms with E-state index in [-0.39, 0.29) is 12.0 Å². The summed E-state index contributed by atoms with van der Waals surface area (Å²) in [5, 5.41) is 9.43. The summed E-state index contributed by atoms with van der Waals surface area (Å²) in [4.78, 5) is 16.3. The molecule has 0 spiro atoms. The number of carbonyl (C=O) groups excluding carboxylic acids is 1. The van der Waals surface area contributed by atoms with Gasteiger partial charge in [-0.1, -0.05) is 19.1 Å². The highest BCUT2D eigenvalue weighted by Crippen LogP contribution is 2.40. The van der Waals surface area contributed by atoms with Crippen molar-refractivity contribution >= 4 is 5.91 Å². The zero-order chi connectivity index (χ0) is 14.8. The van der Waals surface area contributed by atoms with Gasteiger partial charge in [0.1, 0.15) is 24.0 Å². The van der Waals surface area contributed by atoms with E-state index in [0.29, 0.717) is 24.4 Å². The summed E-state index contributed by atoms with van der Waals surface area (Å²) in [5.41, 5.74) is 1.70. The van der Waals surface area contributed by atoms with E-state index in [1.165, 1.54) is 6.33 Å². The van der Waals surface area contributed by atoms with Crippen molar-refractivity contribution in [1.29, 1.82) is 0 Å². The number of rotatable bonds is 4. The van der Waals surface area contributed by atoms with E-state index in [0.717, 1.165) is 17.1 Å². The average Bonchev–Trinajstić information content (AvgIpc) is 3.08. The molecule has 0 saturated heterocycles. The predicted octanol–water partition coefficient (Wildman–Crippen LogP) is 1.66. The molecule has 0 fully saturated rings. The molecule has 1 aliphatic heterocycles. The SMILES string of the molecule is CC1Oc2c(C(=O)NCCc3ncn[nH]3)cccc2C1C. The molecule has 2 atom stereocenters. The Morgan fingerprint density at radius 1 is 1.43 bits per heavy atom. The minimum absolute atomic E-state index is 0.100. The lowest BCUT2D eigenvalue weighted by atomic mass is 9.97. The number of aromatic nitrogens is 3. The number of hydrogen-bond donors (Lipinski definition) is 2. The fourth-order valence-corrected chi connectivity index (χ4v) is 2.51. The molecular weight excluding hydrogens is 268 g/mol. The fraction of sp³-hybridized carbons (Fsp3) is 0.400. The van der Waals surface area contributed by atoms with Crippen molar-refractivity contribution in [2.24, 2.45) is 0 Å². The first-order chi connectivity index (χ1) is 10.2. The first kappa shape index (κ1) is 13.6. The molecule has 2 aromatic rings. The van der Waals surface area contributed by atoms with Gasteiger partial charge in [0.2, 0.25) is 0 Å². The van der Waals surface area contributed by atoms with Crippen LogP contribution in [-0.4, -0.2) is 33.7 Å². The summed E-state index contributed by atoms with van der Waals surface area (Å²) in [7, 11) is 0. The van der Waals surface area contributed by atoms with Gasteiger partial charge in [-0.2, -0.15) is 5.10 Å². The van der Waals surface area contributed by atoms with Crippen molar-refractivity contribution in [2.75, 3.05) is 6.54 Å². The van der Waals surface area contributed by atoms with Crippen LogP contribution in [0, 0.1) is 0 Å². The number of nitrogens with one attached hydrogen (secondary N) is 2. The summed E-state index contributed by atoms with van der Waals surface area (Å²) >= 11 is 0. The number of H-pyrrole nitrogens is 1. The van der Waals surface area contributed by atoms with Gasteiger partial charge in [0.25, 0.3) is 5.91 Å². The lowest BCUT2D eigenvalue weighted by Crippen LogP contribution is -2.26. The minimum atomic E-state index is -0.118. The molecule has 1 aromatic carbocycles. The Labute approximate surface area is 122 Å². The molecule has 2 unspecified atom stereocenters. The van der Waals surface area contributed by atoms with Crippen LogP contribution in [-0.2, 0) is 6.42 Å². The first-order valence-electron chi connectivity index (χ1n) is 7.09. The number of ether oxygens (including phenoxy) is 1. The molecule has 6 nitrogen and oxygen atoms in total. The standard InChI is InChI=1S/C15H18N4O2/c1-9-10(2)21-14-11(9)4-3-5-12(14)15(20)16-7-6-13-17-8-18-19-13/h3-5,8-10H,6-7H2,1-2H3,(H,16,20)(H,17,18,19). The Bertz CT molecular complexity index is 639. The number of benzene rings is 1. The monoisotopic (exact) mass is 286 g/mol. The lowest BCUT2D eigenvalue weighted by Gasteiger charge is -2.09. The maximum absolute atomic E-state index is 12.3. The largest absolute Gasteiger partial charge is 0.489 e. The van der Waals surface area contributed by atoms with E-state index in [1.54, 1.807) is 6.07 Å². The molecule has 1 aliphatic rings. The van der Waals surface area contributed by atoms with Crippen LogP contribution >= 0.6 is 0 Å². The van der Waals surface area contributed by atoms with Gasteiger partial charge in [0.05, 0.1) is 5.56 Å². The van der Waals surface area contributed by atoms with Crippen molar-refractivity contribution in [2.45, 2.75) is 32.3 Å². The zero-order valence-corrected chi connectivity index (χ0v) is 12.1. The quantitative estimate of drug-likeness (QED) is 0.896. The van der Waals surface area contributed by atoms with Crippen molar-refractivity contribution in [3.63, 3.8) is 0 Å². The number of aromatic amines is 1. The summed E-state index contributed by atoms with van der Waals surface area (Å²) < 4.78 is 5.83. The molecule has 2 N–H and O–H groups in total. The van der Waals surface area contributed by atoms with Gasteiger partial charge in [0, 0.05) is 24.4 Å². The van der Waals surface area contributed by atoms with Crippen LogP contribution < -0.4 is 10.1 Å². The van der Waals surface area contributed by atoms with Gasteiger partial charge >= 0.3 is 0 Å². The second kappa shape index (κ2) is 5.55. The molecule has 0 bridgehead atoms. The molecular formula is C15H18N4O2. The van der Waals surface area contributed by atoms with Crippen molar-refractivity contribution in [3.05, 3.63) is 41.5 Å². The Morgan fingerprint density at radius 2 is 2.29 bits per heavy atom. The fourth-order valence-electron chi connectivity index (χ4n) is 2.51. The van der Waals surface area contributed by atoms with Crippen molar-refractivity contribution in [1.82, 2.24) is 20.5 Å². The summed E-state index contributed by atoms with van der Waals surface area (Å²) in [6, 6.07) is 5.73. The molecule has 1 amide bonds. The first-order valence-corrected chi connectivity index (χ1v) is 7.09. The lowest BCUT2D eigenvalue weighted by molar-refractivity contribution is 0.0949. The maximum Gasteiger partial charge on any atom is 0.255 e. The topological polar surface area (TPSA) is 79.9 Å². The number of carbonyl (C=O) groups is 1. The highest BCUT2D eigenvalue weighted by Gasteiger charge is 2.30. The normalized spacial score (nSPS) is 19.9. The third kappa shape index (κ3) is 2.61. The van der Waals surface area contributed by atoms with Crippen LogP contribution in [0.2, 0.25) is 0 Å². The molecule has 21 heavy (non-hydrogen) atoms. The third-order valence-corrected chi connectivity index (χ3v) is 3.90. The molecule has 0 radical (unpaired) electrons. The minimum Gasteiger partial charge on any atom is -0.489 e. The zero-order valence-electron chi connectivity index (χ0n) is 12.1. The maximum atomic E-state index is 12.3. The Hall–Kier alpha value is -2.37. The van der Waals surface area contributed by atoms with Crippen LogP contribution in [0.5, 0.6) is 5.75 Å². The van der Waals surface area contributed by atoms with E-state index >= 15 is 0 Å². The van der Waals surface area contributed by atoms with E-state index < -0.39 is 0 Å². The number of hydrogen-bond acceptors (Lipinski definition) is 4. The molecule has 6 heteroatoms. The summed E-state index contributed by atoms with van der Waals surface area (Å²) in [5.74, 6) is 1.66. The molecule has 0 aliphatic carbocycles. The molecule has 0 saturated carbocycles. The average molecular weight is 286 g/mol. The highest BCUT2D eigenvalue weighted by molar-refractivity contribution is 5.97. The molecule has 1 aromatic heterocycles. The van der Waals surface area contributed by atoms with Gasteiger partial charge in [-0.3, -0.25) is 9.89 Å². The number of para-hydroxylation sites is 1. The van der Waals surface area contributed by atoms with E-state index in [4.69, 9.17) is 4.74 Å². The van der Waals surface area contributed by atoms with Crippen molar-refractivity contribution < 1.29 is 9.53 Å². The van der Waals surface area contributed by atoms with Crippen molar-refractivity contribution in [3.8, 4) is 5.75 Å². The van der Waals surface area contributed by atoms with Gasteiger partial charge < -0.3 is 10.1 Å². The molecule has 2 heterocycles. The van der Waals surface area contributed by atoms with E-state index in [1.807, 2.05) is 19.1 Å². The van der Waals surface area contributed by atoms with E-state index in [9.17, 15) is 4.79 Å². The van der Waals surface area contributed by atoms with Gasteiger partial charge in [-0.05, 0) is 13.0 Å². The second-order valence-electron chi connectivity index (χ2n) is 5.27. The molecule has 110 valence electrons. The number of amides is 1. The van der Waals surface area contributed by atoms with E-state index in [2.05, 4.69) is 27.4 Å². The van der Waals surface area contributed by atoms with Gasteiger partial charge in [-0.15, -0.1) is 0 Å².